The van der Waals surface area contributed by atoms with E-state index in [1.165, 1.54) is 57.8 Å². The first kappa shape index (κ1) is 99.5. The Balaban J connectivity index is 5.36. The van der Waals surface area contributed by atoms with E-state index in [-0.39, 0.29) is 25.7 Å². The van der Waals surface area contributed by atoms with E-state index < -0.39 is 97.5 Å². The summed E-state index contributed by atoms with van der Waals surface area (Å²) in [6.07, 6.45) is 84.5. The molecule has 0 spiro atoms. The van der Waals surface area contributed by atoms with Gasteiger partial charge in [0.25, 0.3) is 0 Å². The molecule has 5 atom stereocenters. The molecule has 0 aliphatic heterocycles. The van der Waals surface area contributed by atoms with Gasteiger partial charge < -0.3 is 33.8 Å². The zero-order valence-corrected chi connectivity index (χ0v) is 67.2. The summed E-state index contributed by atoms with van der Waals surface area (Å²) in [5, 5.41) is 10.6. The number of unbranched alkanes of at least 4 members (excludes halogenated alkanes) is 30. The Morgan fingerprint density at radius 1 is 0.279 bits per heavy atom. The Bertz CT molecular complexity index is 2440. The minimum Gasteiger partial charge on any atom is -0.462 e. The normalized spacial score (nSPS) is 14.5. The number of aliphatic hydroxyl groups is 1. The van der Waals surface area contributed by atoms with Gasteiger partial charge in [0.05, 0.1) is 26.4 Å². The molecule has 0 saturated carbocycles. The fourth-order valence-corrected chi connectivity index (χ4v) is 12.3. The van der Waals surface area contributed by atoms with E-state index in [2.05, 4.69) is 149 Å². The Hall–Kier alpha value is -4.54. The van der Waals surface area contributed by atoms with Gasteiger partial charge in [-0.3, -0.25) is 37.3 Å². The van der Waals surface area contributed by atoms with Crippen LogP contribution in [0.5, 0.6) is 0 Å². The average molecular weight is 1500 g/mol. The molecule has 0 aromatic heterocycles. The third kappa shape index (κ3) is 75.7. The Labute approximate surface area is 632 Å². The van der Waals surface area contributed by atoms with Crippen molar-refractivity contribution in [1.82, 2.24) is 0 Å². The lowest BCUT2D eigenvalue weighted by Crippen LogP contribution is -2.30. The smallest absolute Gasteiger partial charge is 0.462 e. The summed E-state index contributed by atoms with van der Waals surface area (Å²) < 4.78 is 68.6. The summed E-state index contributed by atoms with van der Waals surface area (Å²) >= 11 is 0. The van der Waals surface area contributed by atoms with Crippen LogP contribution in [-0.4, -0.2) is 96.7 Å². The average Bonchev–Trinajstić information content (AvgIpc) is 0.906. The minimum atomic E-state index is -4.99. The lowest BCUT2D eigenvalue weighted by molar-refractivity contribution is -0.161. The monoisotopic (exact) mass is 1500 g/mol. The molecule has 0 rings (SSSR count). The van der Waals surface area contributed by atoms with Crippen LogP contribution < -0.4 is 0 Å². The van der Waals surface area contributed by atoms with Crippen molar-refractivity contribution >= 4 is 39.5 Å². The Morgan fingerprint density at radius 3 is 0.788 bits per heavy atom. The van der Waals surface area contributed by atoms with Crippen LogP contribution >= 0.6 is 15.6 Å². The number of rotatable bonds is 76. The van der Waals surface area contributed by atoms with E-state index in [0.717, 1.165) is 199 Å². The molecule has 3 N–H and O–H groups in total. The second kappa shape index (κ2) is 76.6. The number of hydrogen-bond acceptors (Lipinski definition) is 15. The lowest BCUT2D eigenvalue weighted by Gasteiger charge is -2.21. The van der Waals surface area contributed by atoms with Crippen molar-refractivity contribution in [3.63, 3.8) is 0 Å². The second-order valence-electron chi connectivity index (χ2n) is 27.0. The van der Waals surface area contributed by atoms with Crippen LogP contribution in [0.1, 0.15) is 336 Å². The van der Waals surface area contributed by atoms with Crippen molar-refractivity contribution in [2.45, 2.75) is 354 Å². The standard InChI is InChI=1S/C85H146O17P2/c1-5-9-13-17-21-25-29-32-35-38-39-42-44-47-51-54-58-62-66-70-83(88)96-76-81(102-85(90)72-68-64-60-56-52-48-45-41-37-34-31-27-23-19-15-11-7-3)78-100-104(93,94)98-74-79(86)73-97-103(91,92)99-77-80(101-84(89)71-67-63-59-55-49-28-24-20-16-12-8-4)75-95-82(87)69-65-61-57-53-50-46-43-40-36-33-30-26-22-18-14-10-6-2/h10-11,14-15,21-23,25-27,32-37,39,42-43,46,79-81,86H,5-9,12-13,16-20,24,28-31,38,40-41,44-45,47-78H2,1-4H3,(H,91,92)(H,93,94)/b14-10-,15-11-,25-21-,26-22-,27-23-,35-32-,36-33-,37-34-,42-39-,46-43-. The summed E-state index contributed by atoms with van der Waals surface area (Å²) in [5.41, 5.74) is 0. The van der Waals surface area contributed by atoms with Crippen LogP contribution in [0, 0.1) is 0 Å². The summed E-state index contributed by atoms with van der Waals surface area (Å²) in [4.78, 5) is 73.0. The molecule has 19 heteroatoms. The van der Waals surface area contributed by atoms with E-state index in [1.807, 2.05) is 0 Å². The predicted octanol–water partition coefficient (Wildman–Crippen LogP) is 23.9. The zero-order chi connectivity index (χ0) is 76.0. The highest BCUT2D eigenvalue weighted by Gasteiger charge is 2.30. The van der Waals surface area contributed by atoms with Crippen LogP contribution in [0.2, 0.25) is 0 Å². The maximum atomic E-state index is 13.1. The number of carbonyl (C=O) groups is 4. The number of ether oxygens (including phenoxy) is 4. The van der Waals surface area contributed by atoms with Crippen molar-refractivity contribution in [1.29, 1.82) is 0 Å². The maximum Gasteiger partial charge on any atom is 0.472 e. The highest BCUT2D eigenvalue weighted by atomic mass is 31.2. The first-order valence-electron chi connectivity index (χ1n) is 40.8. The number of aliphatic hydroxyl groups excluding tert-OH is 1. The molecule has 5 unspecified atom stereocenters. The van der Waals surface area contributed by atoms with Crippen LogP contribution in [-0.2, 0) is 65.4 Å². The lowest BCUT2D eigenvalue weighted by atomic mass is 10.1. The van der Waals surface area contributed by atoms with Crippen molar-refractivity contribution in [3.8, 4) is 0 Å². The van der Waals surface area contributed by atoms with Gasteiger partial charge in [-0.05, 0) is 135 Å². The number of phosphoric ester groups is 2. The highest BCUT2D eigenvalue weighted by molar-refractivity contribution is 7.47. The predicted molar refractivity (Wildman–Crippen MR) is 427 cm³/mol. The largest absolute Gasteiger partial charge is 0.472 e. The molecule has 598 valence electrons. The van der Waals surface area contributed by atoms with Gasteiger partial charge in [0.1, 0.15) is 19.3 Å². The number of allylic oxidation sites excluding steroid dienone is 20. The molecule has 0 aromatic carbocycles. The van der Waals surface area contributed by atoms with Gasteiger partial charge in [-0.15, -0.1) is 0 Å². The summed E-state index contributed by atoms with van der Waals surface area (Å²) in [6.45, 7) is 4.60. The van der Waals surface area contributed by atoms with E-state index in [0.29, 0.717) is 25.7 Å². The van der Waals surface area contributed by atoms with Crippen LogP contribution in [0.3, 0.4) is 0 Å². The molecular weight excluding hydrogens is 1350 g/mol. The van der Waals surface area contributed by atoms with Crippen LogP contribution in [0.4, 0.5) is 0 Å². The van der Waals surface area contributed by atoms with Gasteiger partial charge in [0, 0.05) is 25.7 Å². The fraction of sp³-hybridized carbons (Fsp3) is 0.718. The molecular formula is C85H146O17P2. The van der Waals surface area contributed by atoms with E-state index >= 15 is 0 Å². The first-order valence-corrected chi connectivity index (χ1v) is 43.8. The van der Waals surface area contributed by atoms with E-state index in [9.17, 15) is 43.2 Å². The molecule has 0 saturated heterocycles. The van der Waals surface area contributed by atoms with Gasteiger partial charge >= 0.3 is 39.5 Å². The molecule has 0 heterocycles. The molecule has 0 fully saturated rings. The maximum absolute atomic E-state index is 13.1. The zero-order valence-electron chi connectivity index (χ0n) is 65.4. The summed E-state index contributed by atoms with van der Waals surface area (Å²) in [6, 6.07) is 0. The minimum absolute atomic E-state index is 0.0789. The number of esters is 4. The van der Waals surface area contributed by atoms with Crippen LogP contribution in [0.15, 0.2) is 122 Å². The Morgan fingerprint density at radius 2 is 0.500 bits per heavy atom. The SMILES string of the molecule is CC/C=C\C/C=C\C/C=C\C/C=C\CCCCCCC(=O)OCC(COP(=O)(O)OCC(O)COP(=O)(O)OCC(COC(=O)CCCCCCCC/C=C\C/C=C\C/C=C\CCCCC)OC(=O)CCCCCCCCC/C=C\C/C=C\C/C=C\CC)OC(=O)CCCCCCCCCCCCC. The van der Waals surface area contributed by atoms with E-state index in [1.54, 1.807) is 0 Å². The molecule has 0 amide bonds. The van der Waals surface area contributed by atoms with Gasteiger partial charge in [-0.25, -0.2) is 9.13 Å². The number of hydrogen-bond donors (Lipinski definition) is 3. The molecule has 0 bridgehead atoms. The van der Waals surface area contributed by atoms with Crippen molar-refractivity contribution in [2.75, 3.05) is 39.6 Å². The third-order valence-electron chi connectivity index (χ3n) is 16.9. The van der Waals surface area contributed by atoms with Crippen molar-refractivity contribution < 1.29 is 80.2 Å². The van der Waals surface area contributed by atoms with Gasteiger partial charge in [-0.2, -0.15) is 0 Å². The number of carbonyl (C=O) groups excluding carboxylic acids is 4. The number of phosphoric acid groups is 2. The fourth-order valence-electron chi connectivity index (χ4n) is 10.8. The third-order valence-corrected chi connectivity index (χ3v) is 18.8. The molecule has 0 aromatic rings. The van der Waals surface area contributed by atoms with Crippen LogP contribution in [0.25, 0.3) is 0 Å². The van der Waals surface area contributed by atoms with Crippen molar-refractivity contribution in [3.05, 3.63) is 122 Å². The van der Waals surface area contributed by atoms with Gasteiger partial charge in [0.15, 0.2) is 12.2 Å². The summed E-state index contributed by atoms with van der Waals surface area (Å²) in [7, 11) is -9.97. The topological polar surface area (TPSA) is 237 Å². The van der Waals surface area contributed by atoms with Gasteiger partial charge in [-0.1, -0.05) is 297 Å². The second-order valence-corrected chi connectivity index (χ2v) is 29.9. The molecule has 0 aliphatic rings. The van der Waals surface area contributed by atoms with Gasteiger partial charge in [0.2, 0.25) is 0 Å². The quantitative estimate of drug-likeness (QED) is 0.0169. The summed E-state index contributed by atoms with van der Waals surface area (Å²) in [5.74, 6) is -2.21. The molecule has 0 aliphatic carbocycles. The molecule has 104 heavy (non-hydrogen) atoms. The molecule has 17 nitrogen and oxygen atoms in total. The Kier molecular flexibility index (Phi) is 73.3. The van der Waals surface area contributed by atoms with Crippen molar-refractivity contribution in [2.24, 2.45) is 0 Å². The molecule has 0 radical (unpaired) electrons. The van der Waals surface area contributed by atoms with E-state index in [4.69, 9.17) is 37.0 Å². The highest BCUT2D eigenvalue weighted by Crippen LogP contribution is 2.45. The first-order chi connectivity index (χ1) is 50.7.